The first-order valence-corrected chi connectivity index (χ1v) is 7.11. The van der Waals surface area contributed by atoms with E-state index in [1.54, 1.807) is 19.1 Å². The van der Waals surface area contributed by atoms with Crippen LogP contribution >= 0.6 is 15.9 Å². The molecule has 0 fully saturated rings. The number of hydrogen-bond donors (Lipinski definition) is 0. The second kappa shape index (κ2) is 9.05. The lowest BCUT2D eigenvalue weighted by molar-refractivity contribution is 0.0673. The van der Waals surface area contributed by atoms with Crippen LogP contribution in [-0.2, 0) is 9.47 Å². The number of nitrogens with zero attached hydrogens (tertiary/aromatic N) is 1. The Hall–Kier alpha value is -0.980. The molecule has 0 unspecified atom stereocenters. The number of carbonyl (C=O) groups excluding carboxylic acids is 1. The Labute approximate surface area is 127 Å². The fourth-order valence-corrected chi connectivity index (χ4v) is 2.27. The summed E-state index contributed by atoms with van der Waals surface area (Å²) >= 11 is 3.22. The Balaban J connectivity index is 2.79. The van der Waals surface area contributed by atoms with E-state index >= 15 is 0 Å². The van der Waals surface area contributed by atoms with E-state index in [1.165, 1.54) is 18.2 Å². The Bertz CT molecular complexity index is 442. The third-order valence-electron chi connectivity index (χ3n) is 2.79. The van der Waals surface area contributed by atoms with E-state index in [1.807, 2.05) is 0 Å². The molecule has 0 bridgehead atoms. The molecule has 0 aliphatic heterocycles. The molecule has 0 N–H and O–H groups in total. The molecule has 20 heavy (non-hydrogen) atoms. The lowest BCUT2D eigenvalue weighted by Gasteiger charge is -2.23. The van der Waals surface area contributed by atoms with E-state index in [9.17, 15) is 9.18 Å². The summed E-state index contributed by atoms with van der Waals surface area (Å²) in [5.74, 6) is -0.527. The molecule has 1 rings (SSSR count). The molecule has 0 aromatic heterocycles. The van der Waals surface area contributed by atoms with Gasteiger partial charge in [-0.2, -0.15) is 0 Å². The van der Waals surface area contributed by atoms with Gasteiger partial charge in [0.25, 0.3) is 5.91 Å². The first-order valence-electron chi connectivity index (χ1n) is 6.32. The van der Waals surface area contributed by atoms with Gasteiger partial charge in [0, 0.05) is 38.4 Å². The van der Waals surface area contributed by atoms with Crippen LogP contribution in [0.2, 0.25) is 0 Å². The van der Waals surface area contributed by atoms with Gasteiger partial charge in [0.05, 0.1) is 12.2 Å². The molecule has 4 nitrogen and oxygen atoms in total. The molecule has 1 amide bonds. The van der Waals surface area contributed by atoms with Crippen LogP contribution in [0.15, 0.2) is 22.7 Å². The van der Waals surface area contributed by atoms with Crippen molar-refractivity contribution in [2.75, 3.05) is 40.5 Å². The number of amides is 1. The molecule has 0 spiro atoms. The number of methoxy groups -OCH3 is 2. The van der Waals surface area contributed by atoms with E-state index in [0.29, 0.717) is 36.3 Å². The highest BCUT2D eigenvalue weighted by atomic mass is 79.9. The summed E-state index contributed by atoms with van der Waals surface area (Å²) in [6.45, 7) is 2.10. The quantitative estimate of drug-likeness (QED) is 0.678. The predicted molar refractivity (Wildman–Crippen MR) is 78.4 cm³/mol. The first kappa shape index (κ1) is 17.1. The summed E-state index contributed by atoms with van der Waals surface area (Å²) in [5.41, 5.74) is 0.444. The van der Waals surface area contributed by atoms with Crippen LogP contribution in [-0.4, -0.2) is 51.3 Å². The largest absolute Gasteiger partial charge is 0.385 e. The maximum absolute atomic E-state index is 13.1. The SMILES string of the molecule is COCCCN(CCOC)C(=O)c1ccc(F)cc1Br. The molecule has 0 atom stereocenters. The molecule has 0 heterocycles. The monoisotopic (exact) mass is 347 g/mol. The minimum Gasteiger partial charge on any atom is -0.385 e. The molecule has 1 aromatic rings. The van der Waals surface area contributed by atoms with E-state index in [4.69, 9.17) is 9.47 Å². The number of carbonyl (C=O) groups is 1. The van der Waals surface area contributed by atoms with Crippen LogP contribution in [0.25, 0.3) is 0 Å². The average Bonchev–Trinajstić information content (AvgIpc) is 2.42. The van der Waals surface area contributed by atoms with Gasteiger partial charge < -0.3 is 14.4 Å². The van der Waals surface area contributed by atoms with Crippen LogP contribution in [0, 0.1) is 5.82 Å². The van der Waals surface area contributed by atoms with E-state index in [-0.39, 0.29) is 11.7 Å². The third-order valence-corrected chi connectivity index (χ3v) is 3.45. The maximum atomic E-state index is 13.1. The second-order valence-corrected chi connectivity index (χ2v) is 5.11. The molecular formula is C14H19BrFNO3. The average molecular weight is 348 g/mol. The maximum Gasteiger partial charge on any atom is 0.255 e. The van der Waals surface area contributed by atoms with Crippen LogP contribution < -0.4 is 0 Å². The zero-order chi connectivity index (χ0) is 15.0. The molecule has 1 aromatic carbocycles. The molecule has 112 valence electrons. The minimum absolute atomic E-state index is 0.148. The normalized spacial score (nSPS) is 10.6. The van der Waals surface area contributed by atoms with E-state index < -0.39 is 0 Å². The zero-order valence-electron chi connectivity index (χ0n) is 11.7. The smallest absolute Gasteiger partial charge is 0.255 e. The van der Waals surface area contributed by atoms with Crippen LogP contribution in [0.5, 0.6) is 0 Å². The zero-order valence-corrected chi connectivity index (χ0v) is 13.3. The Morgan fingerprint density at radius 3 is 2.55 bits per heavy atom. The lowest BCUT2D eigenvalue weighted by atomic mass is 10.2. The standard InChI is InChI=1S/C14H19BrFNO3/c1-19-8-3-6-17(7-9-20-2)14(18)12-5-4-11(16)10-13(12)15/h4-5,10H,3,6-9H2,1-2H3. The highest BCUT2D eigenvalue weighted by molar-refractivity contribution is 9.10. The van der Waals surface area contributed by atoms with Gasteiger partial charge in [0.1, 0.15) is 5.82 Å². The summed E-state index contributed by atoms with van der Waals surface area (Å²) < 4.78 is 23.5. The van der Waals surface area contributed by atoms with Gasteiger partial charge in [0.2, 0.25) is 0 Å². The van der Waals surface area contributed by atoms with Gasteiger partial charge in [-0.3, -0.25) is 4.79 Å². The van der Waals surface area contributed by atoms with E-state index in [0.717, 1.165) is 6.42 Å². The van der Waals surface area contributed by atoms with Gasteiger partial charge in [0.15, 0.2) is 0 Å². The highest BCUT2D eigenvalue weighted by Gasteiger charge is 2.18. The lowest BCUT2D eigenvalue weighted by Crippen LogP contribution is -2.35. The number of benzene rings is 1. The predicted octanol–water partition coefficient (Wildman–Crippen LogP) is 2.71. The number of hydrogen-bond acceptors (Lipinski definition) is 3. The fraction of sp³-hybridized carbons (Fsp3) is 0.500. The number of ether oxygens (including phenoxy) is 2. The summed E-state index contributed by atoms with van der Waals surface area (Å²) in [4.78, 5) is 14.1. The first-order chi connectivity index (χ1) is 9.60. The van der Waals surface area contributed by atoms with Gasteiger partial charge >= 0.3 is 0 Å². The second-order valence-electron chi connectivity index (χ2n) is 4.26. The van der Waals surface area contributed by atoms with Gasteiger partial charge in [-0.15, -0.1) is 0 Å². The van der Waals surface area contributed by atoms with Crippen molar-refractivity contribution in [1.29, 1.82) is 0 Å². The highest BCUT2D eigenvalue weighted by Crippen LogP contribution is 2.20. The third kappa shape index (κ3) is 5.19. The minimum atomic E-state index is -0.378. The molecule has 0 radical (unpaired) electrons. The van der Waals surface area contributed by atoms with Crippen molar-refractivity contribution in [1.82, 2.24) is 4.90 Å². The summed E-state index contributed by atoms with van der Waals surface area (Å²) in [6, 6.07) is 4.05. The van der Waals surface area contributed by atoms with Gasteiger partial charge in [-0.25, -0.2) is 4.39 Å². The van der Waals surface area contributed by atoms with Crippen LogP contribution in [0.4, 0.5) is 4.39 Å². The molecular weight excluding hydrogens is 329 g/mol. The molecule has 6 heteroatoms. The molecule has 0 saturated heterocycles. The van der Waals surface area contributed by atoms with Gasteiger partial charge in [-0.05, 0) is 40.5 Å². The van der Waals surface area contributed by atoms with Crippen molar-refractivity contribution >= 4 is 21.8 Å². The number of rotatable bonds is 8. The molecule has 0 aliphatic rings. The summed E-state index contributed by atoms with van der Waals surface area (Å²) in [6.07, 6.45) is 0.741. The van der Waals surface area contributed by atoms with Crippen molar-refractivity contribution in [3.8, 4) is 0 Å². The molecule has 0 saturated carbocycles. The summed E-state index contributed by atoms with van der Waals surface area (Å²) in [5, 5.41) is 0. The van der Waals surface area contributed by atoms with Crippen LogP contribution in [0.1, 0.15) is 16.8 Å². The van der Waals surface area contributed by atoms with Crippen molar-refractivity contribution in [2.45, 2.75) is 6.42 Å². The topological polar surface area (TPSA) is 38.8 Å². The Morgan fingerprint density at radius 2 is 1.95 bits per heavy atom. The van der Waals surface area contributed by atoms with E-state index in [2.05, 4.69) is 15.9 Å². The molecule has 0 aliphatic carbocycles. The Kier molecular flexibility index (Phi) is 7.72. The fourth-order valence-electron chi connectivity index (χ4n) is 1.75. The van der Waals surface area contributed by atoms with Crippen LogP contribution in [0.3, 0.4) is 0 Å². The van der Waals surface area contributed by atoms with Crippen molar-refractivity contribution in [3.63, 3.8) is 0 Å². The van der Waals surface area contributed by atoms with Crippen molar-refractivity contribution in [3.05, 3.63) is 34.1 Å². The Morgan fingerprint density at radius 1 is 1.25 bits per heavy atom. The van der Waals surface area contributed by atoms with Crippen molar-refractivity contribution in [2.24, 2.45) is 0 Å². The van der Waals surface area contributed by atoms with Gasteiger partial charge in [-0.1, -0.05) is 0 Å². The number of halogens is 2. The summed E-state index contributed by atoms with van der Waals surface area (Å²) in [7, 11) is 3.21. The van der Waals surface area contributed by atoms with Crippen molar-refractivity contribution < 1.29 is 18.7 Å².